The largest absolute Gasteiger partial charge is 0.363 e. The molecular weight excluding hydrogens is 376 g/mol. The summed E-state index contributed by atoms with van der Waals surface area (Å²) < 4.78 is 0. The van der Waals surface area contributed by atoms with E-state index in [-0.39, 0.29) is 23.7 Å². The van der Waals surface area contributed by atoms with Gasteiger partial charge in [0.2, 0.25) is 11.8 Å². The van der Waals surface area contributed by atoms with E-state index in [0.29, 0.717) is 13.1 Å². The van der Waals surface area contributed by atoms with Crippen LogP contribution in [0, 0.1) is 11.8 Å². The number of carbonyl (C=O) groups excluding carboxylic acids is 2. The second-order valence-corrected chi connectivity index (χ2v) is 8.50. The molecule has 158 valence electrons. The first kappa shape index (κ1) is 20.4. The number of rotatable bonds is 5. The van der Waals surface area contributed by atoms with E-state index < -0.39 is 0 Å². The molecular formula is C24H30N4O2. The molecule has 0 saturated heterocycles. The van der Waals surface area contributed by atoms with Gasteiger partial charge in [-0.1, -0.05) is 31.0 Å². The Kier molecular flexibility index (Phi) is 6.02. The Bertz CT molecular complexity index is 927. The lowest BCUT2D eigenvalue weighted by atomic mass is 9.77. The van der Waals surface area contributed by atoms with Gasteiger partial charge >= 0.3 is 0 Å². The fraction of sp³-hybridized carbons (Fsp3) is 0.458. The lowest BCUT2D eigenvalue weighted by Crippen LogP contribution is -2.45. The molecule has 2 unspecified atom stereocenters. The fourth-order valence-corrected chi connectivity index (χ4v) is 4.64. The third kappa shape index (κ3) is 4.18. The standard InChI is InChI=1S/C24H30N4O2/c1-27(2)22-15-17(11-13-25-22)16-26-23(29)19-8-4-5-9-20(19)24(30)28-14-12-18-7-3-6-10-21(18)28/h3,6-7,10-11,13,15,19-20H,4-5,8-9,12,14,16H2,1-2H3,(H,26,29). The molecule has 4 rings (SSSR count). The second-order valence-electron chi connectivity index (χ2n) is 8.50. The van der Waals surface area contributed by atoms with Crippen LogP contribution in [0.5, 0.6) is 0 Å². The maximum atomic E-state index is 13.4. The Morgan fingerprint density at radius 1 is 1.13 bits per heavy atom. The summed E-state index contributed by atoms with van der Waals surface area (Å²) in [5.41, 5.74) is 3.24. The summed E-state index contributed by atoms with van der Waals surface area (Å²) in [5, 5.41) is 3.07. The van der Waals surface area contributed by atoms with Crippen LogP contribution in [0.4, 0.5) is 11.5 Å². The first-order valence-corrected chi connectivity index (χ1v) is 10.8. The number of aromatic nitrogens is 1. The number of pyridine rings is 1. The highest BCUT2D eigenvalue weighted by Gasteiger charge is 2.39. The molecule has 0 spiro atoms. The van der Waals surface area contributed by atoms with Crippen LogP contribution in [0.3, 0.4) is 0 Å². The molecule has 0 bridgehead atoms. The maximum absolute atomic E-state index is 13.4. The van der Waals surface area contributed by atoms with Crippen molar-refractivity contribution in [3.8, 4) is 0 Å². The lowest BCUT2D eigenvalue weighted by molar-refractivity contribution is -0.135. The van der Waals surface area contributed by atoms with Gasteiger partial charge in [0.1, 0.15) is 5.82 Å². The summed E-state index contributed by atoms with van der Waals surface area (Å²) in [4.78, 5) is 34.6. The average Bonchev–Trinajstić information content (AvgIpc) is 3.21. The van der Waals surface area contributed by atoms with Crippen molar-refractivity contribution in [2.75, 3.05) is 30.4 Å². The molecule has 1 aromatic heterocycles. The van der Waals surface area contributed by atoms with Gasteiger partial charge in [0.05, 0.1) is 5.92 Å². The smallest absolute Gasteiger partial charge is 0.230 e. The third-order valence-corrected chi connectivity index (χ3v) is 6.31. The van der Waals surface area contributed by atoms with E-state index in [0.717, 1.165) is 49.2 Å². The number of nitrogens with one attached hydrogen (secondary N) is 1. The second kappa shape index (κ2) is 8.86. The number of benzene rings is 1. The summed E-state index contributed by atoms with van der Waals surface area (Å²) in [5.74, 6) is 0.469. The van der Waals surface area contributed by atoms with Crippen molar-refractivity contribution in [2.45, 2.75) is 38.6 Å². The topological polar surface area (TPSA) is 65.5 Å². The Morgan fingerprint density at radius 2 is 1.90 bits per heavy atom. The third-order valence-electron chi connectivity index (χ3n) is 6.31. The Morgan fingerprint density at radius 3 is 2.70 bits per heavy atom. The summed E-state index contributed by atoms with van der Waals surface area (Å²) in [6.07, 6.45) is 6.22. The monoisotopic (exact) mass is 406 g/mol. The van der Waals surface area contributed by atoms with E-state index in [1.54, 1.807) is 6.20 Å². The minimum Gasteiger partial charge on any atom is -0.363 e. The van der Waals surface area contributed by atoms with Crippen molar-refractivity contribution in [1.82, 2.24) is 10.3 Å². The van der Waals surface area contributed by atoms with E-state index in [1.807, 2.05) is 54.2 Å². The van der Waals surface area contributed by atoms with Crippen molar-refractivity contribution in [2.24, 2.45) is 11.8 Å². The molecule has 1 aliphatic heterocycles. The number of hydrogen-bond donors (Lipinski definition) is 1. The van der Waals surface area contributed by atoms with Crippen LogP contribution in [0.25, 0.3) is 0 Å². The molecule has 1 aliphatic carbocycles. The van der Waals surface area contributed by atoms with Gasteiger partial charge in [-0.15, -0.1) is 0 Å². The van der Waals surface area contributed by atoms with Gasteiger partial charge in [-0.05, 0) is 48.6 Å². The van der Waals surface area contributed by atoms with Crippen molar-refractivity contribution < 1.29 is 9.59 Å². The number of amides is 2. The molecule has 1 fully saturated rings. The molecule has 2 aromatic rings. The number of anilines is 2. The van der Waals surface area contributed by atoms with E-state index in [4.69, 9.17) is 0 Å². The quantitative estimate of drug-likeness (QED) is 0.828. The SMILES string of the molecule is CN(C)c1cc(CNC(=O)C2CCCCC2C(=O)N2CCc3ccccc32)ccn1. The van der Waals surface area contributed by atoms with Crippen molar-refractivity contribution in [1.29, 1.82) is 0 Å². The average molecular weight is 407 g/mol. The Labute approximate surface area is 178 Å². The summed E-state index contributed by atoms with van der Waals surface area (Å²) in [7, 11) is 3.89. The zero-order valence-electron chi connectivity index (χ0n) is 17.8. The lowest BCUT2D eigenvalue weighted by Gasteiger charge is -2.32. The van der Waals surface area contributed by atoms with Crippen molar-refractivity contribution in [3.63, 3.8) is 0 Å². The Balaban J connectivity index is 1.44. The molecule has 2 aliphatic rings. The van der Waals surface area contributed by atoms with Gasteiger partial charge in [0.15, 0.2) is 0 Å². The van der Waals surface area contributed by atoms with Crippen LogP contribution in [0.2, 0.25) is 0 Å². The van der Waals surface area contributed by atoms with Crippen molar-refractivity contribution in [3.05, 3.63) is 53.7 Å². The zero-order chi connectivity index (χ0) is 21.1. The number of carbonyl (C=O) groups is 2. The van der Waals surface area contributed by atoms with Gasteiger partial charge in [-0.2, -0.15) is 0 Å². The maximum Gasteiger partial charge on any atom is 0.230 e. The molecule has 30 heavy (non-hydrogen) atoms. The molecule has 1 saturated carbocycles. The minimum absolute atomic E-state index is 0.0104. The Hall–Kier alpha value is -2.89. The summed E-state index contributed by atoms with van der Waals surface area (Å²) in [6.45, 7) is 1.17. The first-order valence-electron chi connectivity index (χ1n) is 10.8. The molecule has 1 N–H and O–H groups in total. The molecule has 2 heterocycles. The van der Waals surface area contributed by atoms with Crippen LogP contribution in [-0.2, 0) is 22.6 Å². The molecule has 6 nitrogen and oxygen atoms in total. The normalized spacial score (nSPS) is 20.5. The molecule has 2 amide bonds. The van der Waals surface area contributed by atoms with Crippen LogP contribution in [-0.4, -0.2) is 37.4 Å². The van der Waals surface area contributed by atoms with Crippen LogP contribution < -0.4 is 15.1 Å². The van der Waals surface area contributed by atoms with Crippen LogP contribution in [0.1, 0.15) is 36.8 Å². The highest BCUT2D eigenvalue weighted by atomic mass is 16.2. The molecule has 2 atom stereocenters. The predicted octanol–water partition coefficient (Wildman–Crippen LogP) is 3.16. The highest BCUT2D eigenvalue weighted by Crippen LogP contribution is 2.36. The number of fused-ring (bicyclic) bond motifs is 1. The first-order chi connectivity index (χ1) is 14.5. The van der Waals surface area contributed by atoms with Crippen molar-refractivity contribution >= 4 is 23.3 Å². The minimum atomic E-state index is -0.255. The molecule has 6 heteroatoms. The van der Waals surface area contributed by atoms with Crippen LogP contribution >= 0.6 is 0 Å². The predicted molar refractivity (Wildman–Crippen MR) is 118 cm³/mol. The van der Waals surface area contributed by atoms with E-state index in [1.165, 1.54) is 5.56 Å². The molecule has 1 aromatic carbocycles. The van der Waals surface area contributed by atoms with E-state index >= 15 is 0 Å². The van der Waals surface area contributed by atoms with Gasteiger partial charge in [0.25, 0.3) is 0 Å². The number of nitrogens with zero attached hydrogens (tertiary/aromatic N) is 3. The number of hydrogen-bond acceptors (Lipinski definition) is 4. The number of para-hydroxylation sites is 1. The molecule has 0 radical (unpaired) electrons. The van der Waals surface area contributed by atoms with E-state index in [2.05, 4.69) is 16.4 Å². The van der Waals surface area contributed by atoms with E-state index in [9.17, 15) is 9.59 Å². The van der Waals surface area contributed by atoms with Crippen LogP contribution in [0.15, 0.2) is 42.6 Å². The van der Waals surface area contributed by atoms with Gasteiger partial charge in [0, 0.05) is 45.0 Å². The fourth-order valence-electron chi connectivity index (χ4n) is 4.64. The van der Waals surface area contributed by atoms with Gasteiger partial charge in [-0.25, -0.2) is 4.98 Å². The summed E-state index contributed by atoms with van der Waals surface area (Å²) >= 11 is 0. The summed E-state index contributed by atoms with van der Waals surface area (Å²) in [6, 6.07) is 12.0. The highest BCUT2D eigenvalue weighted by molar-refractivity contribution is 5.99. The van der Waals surface area contributed by atoms with Gasteiger partial charge < -0.3 is 15.1 Å². The zero-order valence-corrected chi connectivity index (χ0v) is 17.8. The van der Waals surface area contributed by atoms with Gasteiger partial charge in [-0.3, -0.25) is 9.59 Å².